The minimum atomic E-state index is -1.71. The molecule has 0 bridgehead atoms. The molecule has 0 spiro atoms. The van der Waals surface area contributed by atoms with Crippen LogP contribution in [-0.2, 0) is 0 Å². The topological polar surface area (TPSA) is 116 Å². The minimum Gasteiger partial charge on any atom is -0.423 e. The summed E-state index contributed by atoms with van der Waals surface area (Å²) in [5.74, 6) is -0.442. The van der Waals surface area contributed by atoms with Crippen molar-refractivity contribution in [1.82, 2.24) is 9.55 Å². The molecular formula is C16H8BN3O4. The summed E-state index contributed by atoms with van der Waals surface area (Å²) < 4.78 is 1.19. The molecule has 2 aromatic carbocycles. The highest BCUT2D eigenvalue weighted by Crippen LogP contribution is 2.26. The van der Waals surface area contributed by atoms with E-state index in [1.54, 1.807) is 0 Å². The van der Waals surface area contributed by atoms with Gasteiger partial charge in [0.15, 0.2) is 5.82 Å². The molecule has 2 heterocycles. The lowest BCUT2D eigenvalue weighted by Gasteiger charge is -2.07. The summed E-state index contributed by atoms with van der Waals surface area (Å²) in [7, 11) is -1.71. The summed E-state index contributed by atoms with van der Waals surface area (Å²) in [4.78, 5) is 29.6. The van der Waals surface area contributed by atoms with Crippen molar-refractivity contribution in [1.29, 1.82) is 5.26 Å². The fraction of sp³-hybridized carbons (Fsp3) is 0. The maximum atomic E-state index is 12.8. The first-order valence-electron chi connectivity index (χ1n) is 7.03. The van der Waals surface area contributed by atoms with E-state index in [9.17, 15) is 19.6 Å². The monoisotopic (exact) mass is 317 g/mol. The molecule has 0 saturated carbocycles. The SMILES string of the molecule is N#Cc1ccc2c(c1)C(=O)c1nc3ccc(B(O)O)cc3c(=O)n1-2. The van der Waals surface area contributed by atoms with Gasteiger partial charge < -0.3 is 10.0 Å². The fourth-order valence-electron chi connectivity index (χ4n) is 2.84. The van der Waals surface area contributed by atoms with Gasteiger partial charge in [0.1, 0.15) is 0 Å². The summed E-state index contributed by atoms with van der Waals surface area (Å²) in [6, 6.07) is 10.7. The molecule has 7 nitrogen and oxygen atoms in total. The summed E-state index contributed by atoms with van der Waals surface area (Å²) in [6.45, 7) is 0. The zero-order chi connectivity index (χ0) is 17.0. The van der Waals surface area contributed by atoms with Crippen LogP contribution in [0.15, 0.2) is 41.2 Å². The third-order valence-corrected chi connectivity index (χ3v) is 4.00. The van der Waals surface area contributed by atoms with E-state index in [2.05, 4.69) is 4.98 Å². The lowest BCUT2D eigenvalue weighted by atomic mass is 9.80. The molecule has 0 atom stereocenters. The van der Waals surface area contributed by atoms with Crippen LogP contribution in [0.1, 0.15) is 21.7 Å². The molecule has 1 aliphatic heterocycles. The molecule has 0 amide bonds. The van der Waals surface area contributed by atoms with Crippen LogP contribution in [0.4, 0.5) is 0 Å². The van der Waals surface area contributed by atoms with Crippen LogP contribution in [0, 0.1) is 11.3 Å². The zero-order valence-electron chi connectivity index (χ0n) is 12.1. The maximum absolute atomic E-state index is 12.8. The van der Waals surface area contributed by atoms with Crippen molar-refractivity contribution in [3.63, 3.8) is 0 Å². The highest BCUT2D eigenvalue weighted by atomic mass is 16.4. The molecule has 1 aromatic heterocycles. The second-order valence-corrected chi connectivity index (χ2v) is 5.40. The van der Waals surface area contributed by atoms with Gasteiger partial charge in [-0.15, -0.1) is 0 Å². The Kier molecular flexibility index (Phi) is 2.90. The van der Waals surface area contributed by atoms with Gasteiger partial charge in [0.2, 0.25) is 5.78 Å². The van der Waals surface area contributed by atoms with E-state index in [4.69, 9.17) is 5.26 Å². The van der Waals surface area contributed by atoms with E-state index in [0.29, 0.717) is 11.3 Å². The summed E-state index contributed by atoms with van der Waals surface area (Å²) in [5, 5.41) is 27.7. The Labute approximate surface area is 135 Å². The van der Waals surface area contributed by atoms with Gasteiger partial charge in [-0.3, -0.25) is 14.2 Å². The third-order valence-electron chi connectivity index (χ3n) is 4.00. The second kappa shape index (κ2) is 4.86. The number of benzene rings is 2. The van der Waals surface area contributed by atoms with Gasteiger partial charge in [0, 0.05) is 0 Å². The van der Waals surface area contributed by atoms with Crippen molar-refractivity contribution in [2.75, 3.05) is 0 Å². The Bertz CT molecular complexity index is 1140. The van der Waals surface area contributed by atoms with Crippen LogP contribution in [0.3, 0.4) is 0 Å². The molecular weight excluding hydrogens is 309 g/mol. The lowest BCUT2D eigenvalue weighted by Crippen LogP contribution is -2.31. The van der Waals surface area contributed by atoms with Crippen molar-refractivity contribution in [3.8, 4) is 11.8 Å². The van der Waals surface area contributed by atoms with Gasteiger partial charge in [-0.2, -0.15) is 5.26 Å². The largest absolute Gasteiger partial charge is 0.488 e. The number of rotatable bonds is 1. The Morgan fingerprint density at radius 2 is 1.92 bits per heavy atom. The molecule has 2 N–H and O–H groups in total. The molecule has 0 unspecified atom stereocenters. The maximum Gasteiger partial charge on any atom is 0.488 e. The van der Waals surface area contributed by atoms with E-state index < -0.39 is 18.5 Å². The molecule has 8 heteroatoms. The van der Waals surface area contributed by atoms with Crippen molar-refractivity contribution in [2.45, 2.75) is 0 Å². The molecule has 1 aliphatic rings. The Balaban J connectivity index is 2.08. The average molecular weight is 317 g/mol. The van der Waals surface area contributed by atoms with E-state index >= 15 is 0 Å². The van der Waals surface area contributed by atoms with Crippen LogP contribution in [0.2, 0.25) is 0 Å². The normalized spacial score (nSPS) is 12.0. The second-order valence-electron chi connectivity index (χ2n) is 5.40. The standard InChI is InChI=1S/C16H8BN3O4/c18-7-8-1-4-13-11(5-8)14(21)15-19-12-3-2-9(17(23)24)6-10(12)16(22)20(13)15/h1-6,23-24H. The number of carbonyl (C=O) groups is 1. The minimum absolute atomic E-state index is 0.0186. The first kappa shape index (κ1) is 14.3. The zero-order valence-corrected chi connectivity index (χ0v) is 12.1. The molecule has 0 fully saturated rings. The third kappa shape index (κ3) is 1.83. The Morgan fingerprint density at radius 3 is 2.62 bits per heavy atom. The van der Waals surface area contributed by atoms with E-state index in [1.807, 2.05) is 6.07 Å². The molecule has 0 saturated heterocycles. The quantitative estimate of drug-likeness (QED) is 0.456. The molecule has 24 heavy (non-hydrogen) atoms. The number of ketones is 1. The fourth-order valence-corrected chi connectivity index (χ4v) is 2.84. The number of fused-ring (bicyclic) bond motifs is 4. The number of aromatic nitrogens is 2. The van der Waals surface area contributed by atoms with Crippen molar-refractivity contribution in [2.24, 2.45) is 0 Å². The smallest absolute Gasteiger partial charge is 0.423 e. The van der Waals surface area contributed by atoms with Gasteiger partial charge in [0.25, 0.3) is 5.56 Å². The highest BCUT2D eigenvalue weighted by Gasteiger charge is 2.30. The number of nitriles is 1. The van der Waals surface area contributed by atoms with Crippen LogP contribution in [0.5, 0.6) is 0 Å². The highest BCUT2D eigenvalue weighted by molar-refractivity contribution is 6.58. The molecule has 0 radical (unpaired) electrons. The number of nitrogens with zero attached hydrogens (tertiary/aromatic N) is 3. The predicted octanol–water partition coefficient (Wildman–Crippen LogP) is -0.518. The van der Waals surface area contributed by atoms with E-state index in [-0.39, 0.29) is 27.8 Å². The van der Waals surface area contributed by atoms with Gasteiger partial charge >= 0.3 is 7.12 Å². The van der Waals surface area contributed by atoms with Crippen molar-refractivity contribution < 1.29 is 14.8 Å². The predicted molar refractivity (Wildman–Crippen MR) is 85.3 cm³/mol. The summed E-state index contributed by atoms with van der Waals surface area (Å²) >= 11 is 0. The summed E-state index contributed by atoms with van der Waals surface area (Å²) in [6.07, 6.45) is 0. The van der Waals surface area contributed by atoms with Crippen molar-refractivity contribution >= 4 is 29.3 Å². The molecule has 114 valence electrons. The molecule has 0 aliphatic carbocycles. The lowest BCUT2D eigenvalue weighted by molar-refractivity contribution is 0.103. The van der Waals surface area contributed by atoms with Gasteiger partial charge in [-0.25, -0.2) is 4.98 Å². The average Bonchev–Trinajstić information content (AvgIpc) is 2.87. The van der Waals surface area contributed by atoms with Gasteiger partial charge in [-0.1, -0.05) is 6.07 Å². The van der Waals surface area contributed by atoms with Crippen LogP contribution >= 0.6 is 0 Å². The summed E-state index contributed by atoms with van der Waals surface area (Å²) in [5.41, 5.74) is 0.899. The van der Waals surface area contributed by atoms with Crippen LogP contribution in [0.25, 0.3) is 16.6 Å². The first-order valence-corrected chi connectivity index (χ1v) is 7.03. The number of carbonyl (C=O) groups excluding carboxylic acids is 1. The molecule has 4 rings (SSSR count). The number of hydrogen-bond acceptors (Lipinski definition) is 6. The Hall–Kier alpha value is -3.28. The number of hydrogen-bond donors (Lipinski definition) is 2. The van der Waals surface area contributed by atoms with Crippen LogP contribution in [-0.4, -0.2) is 32.5 Å². The van der Waals surface area contributed by atoms with E-state index in [0.717, 1.165) is 0 Å². The first-order chi connectivity index (χ1) is 11.5. The Morgan fingerprint density at radius 1 is 1.12 bits per heavy atom. The van der Waals surface area contributed by atoms with Crippen LogP contribution < -0.4 is 11.0 Å². The van der Waals surface area contributed by atoms with Crippen molar-refractivity contribution in [3.05, 3.63) is 63.7 Å². The van der Waals surface area contributed by atoms with E-state index in [1.165, 1.54) is 41.0 Å². The molecule has 3 aromatic rings. The van der Waals surface area contributed by atoms with Gasteiger partial charge in [0.05, 0.1) is 33.8 Å². The van der Waals surface area contributed by atoms with Gasteiger partial charge in [-0.05, 0) is 35.8 Å².